The lowest BCUT2D eigenvalue weighted by molar-refractivity contribution is 0.102. The highest BCUT2D eigenvalue weighted by Crippen LogP contribution is 2.38. The SMILES string of the molecule is CC(=O)c1sc(N2CCNCC2)c(C#N)c1N. The number of piperazine rings is 1. The van der Waals surface area contributed by atoms with Gasteiger partial charge in [0.05, 0.1) is 10.6 Å². The first-order chi connectivity index (χ1) is 8.15. The number of rotatable bonds is 2. The predicted octanol–water partition coefficient (Wildman–Crippen LogP) is 0.814. The Morgan fingerprint density at radius 2 is 2.18 bits per heavy atom. The molecule has 0 atom stereocenters. The maximum Gasteiger partial charge on any atom is 0.171 e. The van der Waals surface area contributed by atoms with Gasteiger partial charge in [0.15, 0.2) is 5.78 Å². The number of Topliss-reactive ketones (excluding diaryl/α,β-unsaturated/α-hetero) is 1. The first-order valence-electron chi connectivity index (χ1n) is 5.44. The van der Waals surface area contributed by atoms with Gasteiger partial charge in [-0.2, -0.15) is 5.26 Å². The number of nitrogen functional groups attached to an aromatic ring is 1. The highest BCUT2D eigenvalue weighted by Gasteiger charge is 2.23. The number of ketones is 1. The predicted molar refractivity (Wildman–Crippen MR) is 68.5 cm³/mol. The van der Waals surface area contributed by atoms with Crippen molar-refractivity contribution >= 4 is 27.8 Å². The molecule has 1 aliphatic rings. The first kappa shape index (κ1) is 11.9. The van der Waals surface area contributed by atoms with Gasteiger partial charge in [-0.3, -0.25) is 4.79 Å². The highest BCUT2D eigenvalue weighted by molar-refractivity contribution is 7.19. The second kappa shape index (κ2) is 4.73. The molecule has 0 unspecified atom stereocenters. The number of hydrogen-bond acceptors (Lipinski definition) is 6. The van der Waals surface area contributed by atoms with Gasteiger partial charge >= 0.3 is 0 Å². The molecule has 0 aliphatic carbocycles. The molecule has 17 heavy (non-hydrogen) atoms. The molecule has 0 amide bonds. The average Bonchev–Trinajstić information content (AvgIpc) is 2.67. The standard InChI is InChI=1S/C11H14N4OS/c1-7(16)10-9(13)8(6-12)11(17-10)15-4-2-14-3-5-15/h14H,2-5,13H2,1H3. The Balaban J connectivity index is 2.42. The molecule has 1 aromatic rings. The fourth-order valence-electron chi connectivity index (χ4n) is 1.89. The minimum atomic E-state index is -0.0783. The molecular weight excluding hydrogens is 236 g/mol. The van der Waals surface area contributed by atoms with Crippen LogP contribution in [-0.4, -0.2) is 32.0 Å². The lowest BCUT2D eigenvalue weighted by Crippen LogP contribution is -2.43. The first-order valence-corrected chi connectivity index (χ1v) is 6.25. The van der Waals surface area contributed by atoms with Gasteiger partial charge in [-0.25, -0.2) is 0 Å². The summed E-state index contributed by atoms with van der Waals surface area (Å²) in [5.74, 6) is -0.0783. The molecule has 1 saturated heterocycles. The molecular formula is C11H14N4OS. The number of carbonyl (C=O) groups excluding carboxylic acids is 1. The minimum absolute atomic E-state index is 0.0783. The van der Waals surface area contributed by atoms with Crippen molar-refractivity contribution in [3.63, 3.8) is 0 Å². The third-order valence-corrected chi connectivity index (χ3v) is 4.13. The van der Waals surface area contributed by atoms with Crippen LogP contribution >= 0.6 is 11.3 Å². The van der Waals surface area contributed by atoms with Gasteiger partial charge in [-0.1, -0.05) is 0 Å². The van der Waals surface area contributed by atoms with Gasteiger partial charge in [-0.05, 0) is 0 Å². The summed E-state index contributed by atoms with van der Waals surface area (Å²) in [5.41, 5.74) is 6.63. The van der Waals surface area contributed by atoms with Crippen LogP contribution < -0.4 is 16.0 Å². The number of hydrogen-bond donors (Lipinski definition) is 2. The zero-order valence-corrected chi connectivity index (χ0v) is 10.4. The van der Waals surface area contributed by atoms with Crippen molar-refractivity contribution in [1.29, 1.82) is 5.26 Å². The van der Waals surface area contributed by atoms with E-state index in [9.17, 15) is 4.79 Å². The van der Waals surface area contributed by atoms with E-state index in [0.717, 1.165) is 31.2 Å². The van der Waals surface area contributed by atoms with E-state index in [2.05, 4.69) is 16.3 Å². The number of nitriles is 1. The molecule has 0 spiro atoms. The summed E-state index contributed by atoms with van der Waals surface area (Å²) in [7, 11) is 0. The van der Waals surface area contributed by atoms with Crippen LogP contribution in [0.4, 0.5) is 10.7 Å². The summed E-state index contributed by atoms with van der Waals surface area (Å²) in [6.45, 7) is 4.93. The Hall–Kier alpha value is -1.58. The number of nitrogens with zero attached hydrogens (tertiary/aromatic N) is 2. The molecule has 0 saturated carbocycles. The van der Waals surface area contributed by atoms with Crippen molar-refractivity contribution in [3.05, 3.63) is 10.4 Å². The van der Waals surface area contributed by atoms with Crippen molar-refractivity contribution in [2.45, 2.75) is 6.92 Å². The topological polar surface area (TPSA) is 82.2 Å². The van der Waals surface area contributed by atoms with Crippen molar-refractivity contribution in [2.75, 3.05) is 36.8 Å². The third kappa shape index (κ3) is 2.12. The lowest BCUT2D eigenvalue weighted by atomic mass is 10.2. The molecule has 90 valence electrons. The van der Waals surface area contributed by atoms with Crippen LogP contribution in [0.3, 0.4) is 0 Å². The van der Waals surface area contributed by atoms with Crippen molar-refractivity contribution in [3.8, 4) is 6.07 Å². The van der Waals surface area contributed by atoms with Crippen LogP contribution in [0.5, 0.6) is 0 Å². The summed E-state index contributed by atoms with van der Waals surface area (Å²) in [5, 5.41) is 13.2. The van der Waals surface area contributed by atoms with E-state index >= 15 is 0 Å². The fraction of sp³-hybridized carbons (Fsp3) is 0.455. The molecule has 1 fully saturated rings. The van der Waals surface area contributed by atoms with E-state index in [1.807, 2.05) is 0 Å². The molecule has 5 nitrogen and oxygen atoms in total. The lowest BCUT2D eigenvalue weighted by Gasteiger charge is -2.28. The minimum Gasteiger partial charge on any atom is -0.396 e. The van der Waals surface area contributed by atoms with E-state index in [0.29, 0.717) is 16.1 Å². The van der Waals surface area contributed by atoms with Crippen LogP contribution in [0.25, 0.3) is 0 Å². The summed E-state index contributed by atoms with van der Waals surface area (Å²) < 4.78 is 0. The van der Waals surface area contributed by atoms with Gasteiger partial charge in [-0.15, -0.1) is 11.3 Å². The van der Waals surface area contributed by atoms with Crippen LogP contribution in [0.15, 0.2) is 0 Å². The second-order valence-corrected chi connectivity index (χ2v) is 4.93. The van der Waals surface area contributed by atoms with E-state index < -0.39 is 0 Å². The van der Waals surface area contributed by atoms with Crippen LogP contribution in [0.2, 0.25) is 0 Å². The summed E-state index contributed by atoms with van der Waals surface area (Å²) in [4.78, 5) is 14.0. The molecule has 3 N–H and O–H groups in total. The summed E-state index contributed by atoms with van der Waals surface area (Å²) in [6, 6.07) is 2.11. The Labute approximate surface area is 104 Å². The van der Waals surface area contributed by atoms with Gasteiger partial charge in [0, 0.05) is 33.1 Å². The van der Waals surface area contributed by atoms with Crippen LogP contribution in [0.1, 0.15) is 22.2 Å². The molecule has 1 aromatic heterocycles. The zero-order chi connectivity index (χ0) is 12.4. The van der Waals surface area contributed by atoms with E-state index in [1.54, 1.807) is 0 Å². The number of nitrogens with one attached hydrogen (secondary N) is 1. The molecule has 0 radical (unpaired) electrons. The summed E-state index contributed by atoms with van der Waals surface area (Å²) in [6.07, 6.45) is 0. The monoisotopic (exact) mass is 250 g/mol. The second-order valence-electron chi connectivity index (χ2n) is 3.93. The molecule has 2 heterocycles. The van der Waals surface area contributed by atoms with E-state index in [1.165, 1.54) is 18.3 Å². The Kier molecular flexibility index (Phi) is 3.31. The average molecular weight is 250 g/mol. The molecule has 2 rings (SSSR count). The molecule has 0 aromatic carbocycles. The smallest absolute Gasteiger partial charge is 0.171 e. The molecule has 1 aliphatic heterocycles. The summed E-state index contributed by atoms with van der Waals surface area (Å²) >= 11 is 1.33. The maximum atomic E-state index is 11.4. The van der Waals surface area contributed by atoms with Gasteiger partial charge in [0.25, 0.3) is 0 Å². The normalized spacial score (nSPS) is 15.6. The molecule has 6 heteroatoms. The zero-order valence-electron chi connectivity index (χ0n) is 9.62. The fourth-order valence-corrected chi connectivity index (χ4v) is 3.01. The highest BCUT2D eigenvalue weighted by atomic mass is 32.1. The third-order valence-electron chi connectivity index (χ3n) is 2.76. The molecule has 0 bridgehead atoms. The number of carbonyl (C=O) groups is 1. The largest absolute Gasteiger partial charge is 0.396 e. The van der Waals surface area contributed by atoms with Gasteiger partial charge in [0.1, 0.15) is 16.6 Å². The number of nitrogens with two attached hydrogens (primary N) is 1. The number of thiophene rings is 1. The number of anilines is 2. The van der Waals surface area contributed by atoms with Crippen LogP contribution in [0, 0.1) is 11.3 Å². The quantitative estimate of drug-likeness (QED) is 0.759. The van der Waals surface area contributed by atoms with Crippen molar-refractivity contribution < 1.29 is 4.79 Å². The van der Waals surface area contributed by atoms with Crippen LogP contribution in [-0.2, 0) is 0 Å². The van der Waals surface area contributed by atoms with Crippen molar-refractivity contribution in [2.24, 2.45) is 0 Å². The maximum absolute atomic E-state index is 11.4. The Morgan fingerprint density at radius 3 is 2.71 bits per heavy atom. The Bertz CT molecular complexity index is 482. The van der Waals surface area contributed by atoms with E-state index in [4.69, 9.17) is 11.0 Å². The Morgan fingerprint density at radius 1 is 1.53 bits per heavy atom. The van der Waals surface area contributed by atoms with Crippen molar-refractivity contribution in [1.82, 2.24) is 5.32 Å². The van der Waals surface area contributed by atoms with E-state index in [-0.39, 0.29) is 5.78 Å². The van der Waals surface area contributed by atoms with Gasteiger partial charge in [0.2, 0.25) is 0 Å². The van der Waals surface area contributed by atoms with Gasteiger partial charge < -0.3 is 16.0 Å².